The lowest BCUT2D eigenvalue weighted by atomic mass is 9.98. The van der Waals surface area contributed by atoms with Crippen LogP contribution >= 0.6 is 0 Å². The molecule has 0 radical (unpaired) electrons. The summed E-state index contributed by atoms with van der Waals surface area (Å²) in [7, 11) is 0. The van der Waals surface area contributed by atoms with Gasteiger partial charge in [0.2, 0.25) is 0 Å². The molecule has 0 N–H and O–H groups in total. The lowest BCUT2D eigenvalue weighted by Crippen LogP contribution is -2.34. The van der Waals surface area contributed by atoms with Crippen LogP contribution in [0.4, 0.5) is 11.4 Å². The van der Waals surface area contributed by atoms with Gasteiger partial charge >= 0.3 is 5.97 Å². The summed E-state index contributed by atoms with van der Waals surface area (Å²) < 4.78 is 11.0. The Morgan fingerprint density at radius 2 is 2.08 bits per heavy atom. The van der Waals surface area contributed by atoms with Crippen LogP contribution in [0.2, 0.25) is 0 Å². The number of hydrogen-bond acceptors (Lipinski definition) is 6. The predicted molar refractivity (Wildman–Crippen MR) is 97.6 cm³/mol. The van der Waals surface area contributed by atoms with Crippen molar-refractivity contribution in [2.24, 2.45) is 5.92 Å². The van der Waals surface area contributed by atoms with Gasteiger partial charge in [-0.15, -0.1) is 0 Å². The first-order chi connectivity index (χ1) is 12.5. The maximum Gasteiger partial charge on any atom is 0.340 e. The number of anilines is 1. The molecule has 0 saturated carbocycles. The summed E-state index contributed by atoms with van der Waals surface area (Å²) in [5.74, 6) is 0.139. The number of benzene rings is 1. The van der Waals surface area contributed by atoms with Crippen LogP contribution in [-0.4, -0.2) is 43.3 Å². The van der Waals surface area contributed by atoms with E-state index in [1.165, 1.54) is 12.1 Å². The highest BCUT2D eigenvalue weighted by Crippen LogP contribution is 2.30. The molecule has 3 rings (SSSR count). The Kier molecular flexibility index (Phi) is 6.08. The lowest BCUT2D eigenvalue weighted by Gasteiger charge is -2.33. The topological polar surface area (TPSA) is 81.9 Å². The quantitative estimate of drug-likeness (QED) is 0.452. The van der Waals surface area contributed by atoms with Gasteiger partial charge in [0.25, 0.3) is 5.69 Å². The number of rotatable bonds is 5. The van der Waals surface area contributed by atoms with Crippen LogP contribution in [0, 0.1) is 16.0 Å². The number of nitro groups is 1. The number of non-ortho nitro benzene ring substituents is 1. The van der Waals surface area contributed by atoms with E-state index in [0.717, 1.165) is 50.9 Å². The zero-order valence-electron chi connectivity index (χ0n) is 15.2. The van der Waals surface area contributed by atoms with Crippen molar-refractivity contribution in [1.82, 2.24) is 0 Å². The number of carbonyl (C=O) groups excluding carboxylic acids is 1. The minimum Gasteiger partial charge on any atom is -0.459 e. The van der Waals surface area contributed by atoms with Crippen LogP contribution in [0.25, 0.3) is 0 Å². The van der Waals surface area contributed by atoms with Gasteiger partial charge in [0.1, 0.15) is 6.61 Å². The summed E-state index contributed by atoms with van der Waals surface area (Å²) in [5.41, 5.74) is 0.890. The van der Waals surface area contributed by atoms with Crippen molar-refractivity contribution in [3.63, 3.8) is 0 Å². The monoisotopic (exact) mass is 362 g/mol. The second-order valence-electron chi connectivity index (χ2n) is 7.22. The summed E-state index contributed by atoms with van der Waals surface area (Å²) in [4.78, 5) is 25.4. The highest BCUT2D eigenvalue weighted by Gasteiger charge is 2.25. The van der Waals surface area contributed by atoms with Gasteiger partial charge in [-0.05, 0) is 44.1 Å². The standard InChI is InChI=1S/C19H26N2O5/c1-14-7-9-20(10-8-14)18-6-5-15(21(23)24)12-17(18)19(22)26-13-16-4-2-3-11-25-16/h5-6,12,14,16H,2-4,7-11,13H2,1H3. The summed E-state index contributed by atoms with van der Waals surface area (Å²) in [5, 5.41) is 11.1. The molecular weight excluding hydrogens is 336 g/mol. The maximum absolute atomic E-state index is 12.7. The van der Waals surface area contributed by atoms with Crippen LogP contribution in [0.15, 0.2) is 18.2 Å². The molecule has 0 aliphatic carbocycles. The third-order valence-electron chi connectivity index (χ3n) is 5.21. The molecule has 1 aromatic rings. The summed E-state index contributed by atoms with van der Waals surface area (Å²) >= 11 is 0. The van der Waals surface area contributed by atoms with Gasteiger partial charge in [-0.25, -0.2) is 4.79 Å². The molecular formula is C19H26N2O5. The third kappa shape index (κ3) is 4.52. The molecule has 0 aromatic heterocycles. The molecule has 7 nitrogen and oxygen atoms in total. The molecule has 26 heavy (non-hydrogen) atoms. The Morgan fingerprint density at radius 1 is 1.31 bits per heavy atom. The molecule has 142 valence electrons. The fourth-order valence-electron chi connectivity index (χ4n) is 3.51. The van der Waals surface area contributed by atoms with E-state index in [1.54, 1.807) is 6.07 Å². The lowest BCUT2D eigenvalue weighted by molar-refractivity contribution is -0.384. The highest BCUT2D eigenvalue weighted by molar-refractivity contribution is 5.96. The molecule has 0 spiro atoms. The predicted octanol–water partition coefficient (Wildman–Crippen LogP) is 3.56. The van der Waals surface area contributed by atoms with Crippen LogP contribution < -0.4 is 4.90 Å². The SMILES string of the molecule is CC1CCN(c2ccc([N+](=O)[O-])cc2C(=O)OCC2CCCCO2)CC1. The second kappa shape index (κ2) is 8.49. The van der Waals surface area contributed by atoms with E-state index in [0.29, 0.717) is 12.5 Å². The molecule has 0 bridgehead atoms. The maximum atomic E-state index is 12.7. The number of ether oxygens (including phenoxy) is 2. The Bertz CT molecular complexity index is 649. The highest BCUT2D eigenvalue weighted by atomic mass is 16.6. The van der Waals surface area contributed by atoms with Gasteiger partial charge in [0.05, 0.1) is 22.3 Å². The largest absolute Gasteiger partial charge is 0.459 e. The van der Waals surface area contributed by atoms with Crippen LogP contribution in [0.5, 0.6) is 0 Å². The normalized spacial score (nSPS) is 21.4. The Morgan fingerprint density at radius 3 is 2.73 bits per heavy atom. The molecule has 1 unspecified atom stereocenters. The van der Waals surface area contributed by atoms with Gasteiger partial charge in [-0.1, -0.05) is 6.92 Å². The van der Waals surface area contributed by atoms with Crippen LogP contribution in [0.1, 0.15) is 49.4 Å². The molecule has 2 fully saturated rings. The summed E-state index contributed by atoms with van der Waals surface area (Å²) in [6, 6.07) is 4.45. The second-order valence-corrected chi connectivity index (χ2v) is 7.22. The number of nitro benzene ring substituents is 1. The van der Waals surface area contributed by atoms with Gasteiger partial charge in [0, 0.05) is 31.8 Å². The molecule has 7 heteroatoms. The van der Waals surface area contributed by atoms with E-state index >= 15 is 0 Å². The van der Waals surface area contributed by atoms with E-state index in [-0.39, 0.29) is 24.0 Å². The molecule has 2 saturated heterocycles. The van der Waals surface area contributed by atoms with Crippen molar-refractivity contribution in [2.45, 2.75) is 45.1 Å². The first-order valence-corrected chi connectivity index (χ1v) is 9.36. The Balaban J connectivity index is 1.76. The van der Waals surface area contributed by atoms with Gasteiger partial charge < -0.3 is 14.4 Å². The van der Waals surface area contributed by atoms with Crippen molar-refractivity contribution in [3.05, 3.63) is 33.9 Å². The van der Waals surface area contributed by atoms with Crippen molar-refractivity contribution in [3.8, 4) is 0 Å². The van der Waals surface area contributed by atoms with Crippen LogP contribution in [0.3, 0.4) is 0 Å². The molecule has 2 aliphatic rings. The minimum absolute atomic E-state index is 0.0781. The van der Waals surface area contributed by atoms with Crippen molar-refractivity contribution >= 4 is 17.3 Å². The summed E-state index contributed by atoms with van der Waals surface area (Å²) in [6.07, 6.45) is 4.98. The zero-order valence-corrected chi connectivity index (χ0v) is 15.2. The molecule has 0 amide bonds. The van der Waals surface area contributed by atoms with E-state index in [1.807, 2.05) is 0 Å². The fourth-order valence-corrected chi connectivity index (χ4v) is 3.51. The van der Waals surface area contributed by atoms with Gasteiger partial charge in [0.15, 0.2) is 0 Å². The molecule has 2 aliphatic heterocycles. The van der Waals surface area contributed by atoms with E-state index in [2.05, 4.69) is 11.8 Å². The van der Waals surface area contributed by atoms with Crippen molar-refractivity contribution < 1.29 is 19.2 Å². The van der Waals surface area contributed by atoms with Gasteiger partial charge in [-0.2, -0.15) is 0 Å². The molecule has 2 heterocycles. The first kappa shape index (κ1) is 18.6. The number of nitrogens with zero attached hydrogens (tertiary/aromatic N) is 2. The van der Waals surface area contributed by atoms with E-state index in [9.17, 15) is 14.9 Å². The smallest absolute Gasteiger partial charge is 0.340 e. The zero-order chi connectivity index (χ0) is 18.5. The van der Waals surface area contributed by atoms with Gasteiger partial charge in [-0.3, -0.25) is 10.1 Å². The van der Waals surface area contributed by atoms with Crippen molar-refractivity contribution in [1.29, 1.82) is 0 Å². The van der Waals surface area contributed by atoms with E-state index in [4.69, 9.17) is 9.47 Å². The number of esters is 1. The first-order valence-electron chi connectivity index (χ1n) is 9.36. The molecule has 1 atom stereocenters. The fraction of sp³-hybridized carbons (Fsp3) is 0.632. The number of hydrogen-bond donors (Lipinski definition) is 0. The third-order valence-corrected chi connectivity index (χ3v) is 5.21. The van der Waals surface area contributed by atoms with E-state index < -0.39 is 10.9 Å². The Hall–Kier alpha value is -2.15. The number of carbonyl (C=O) groups is 1. The van der Waals surface area contributed by atoms with Crippen LogP contribution in [-0.2, 0) is 9.47 Å². The Labute approximate surface area is 153 Å². The average Bonchev–Trinajstić information content (AvgIpc) is 2.67. The number of piperidine rings is 1. The average molecular weight is 362 g/mol. The van der Waals surface area contributed by atoms with Crippen molar-refractivity contribution in [2.75, 3.05) is 31.2 Å². The minimum atomic E-state index is -0.517. The summed E-state index contributed by atoms with van der Waals surface area (Å²) in [6.45, 7) is 4.77. The molecule has 1 aromatic carbocycles.